The molecule has 0 bridgehead atoms. The number of hydrogen-bond acceptors (Lipinski definition) is 3. The van der Waals surface area contributed by atoms with Gasteiger partial charge in [0.15, 0.2) is 0 Å². The number of aryl methyl sites for hydroxylation is 2. The minimum Gasteiger partial charge on any atom is -0.393 e. The zero-order valence-corrected chi connectivity index (χ0v) is 14.1. The summed E-state index contributed by atoms with van der Waals surface area (Å²) in [6.45, 7) is 3.96. The number of nitrogens with zero attached hydrogens (tertiary/aromatic N) is 2. The molecule has 1 saturated carbocycles. The van der Waals surface area contributed by atoms with Crippen molar-refractivity contribution in [2.45, 2.75) is 51.7 Å². The molecular formula is C18H24N4O2. The van der Waals surface area contributed by atoms with Crippen LogP contribution in [0, 0.1) is 13.8 Å². The van der Waals surface area contributed by atoms with Gasteiger partial charge >= 0.3 is 6.03 Å². The Kier molecular flexibility index (Phi) is 4.85. The summed E-state index contributed by atoms with van der Waals surface area (Å²) in [6.07, 6.45) is 2.92. The lowest BCUT2D eigenvalue weighted by molar-refractivity contribution is 0.118. The first-order valence-electron chi connectivity index (χ1n) is 8.40. The van der Waals surface area contributed by atoms with E-state index in [1.54, 1.807) is 0 Å². The van der Waals surface area contributed by atoms with E-state index in [1.165, 1.54) is 0 Å². The van der Waals surface area contributed by atoms with Crippen LogP contribution in [-0.2, 0) is 0 Å². The second kappa shape index (κ2) is 7.05. The molecule has 2 amide bonds. The predicted molar refractivity (Wildman–Crippen MR) is 93.5 cm³/mol. The second-order valence-corrected chi connectivity index (χ2v) is 6.49. The molecule has 0 atom stereocenters. The highest BCUT2D eigenvalue weighted by atomic mass is 16.3. The Balaban J connectivity index is 1.64. The lowest BCUT2D eigenvalue weighted by atomic mass is 9.93. The Hall–Kier alpha value is -2.34. The molecular weight excluding hydrogens is 304 g/mol. The number of rotatable bonds is 3. The van der Waals surface area contributed by atoms with Crippen molar-refractivity contribution in [3.8, 4) is 5.69 Å². The van der Waals surface area contributed by atoms with Crippen molar-refractivity contribution in [3.63, 3.8) is 0 Å². The van der Waals surface area contributed by atoms with Crippen molar-refractivity contribution in [2.24, 2.45) is 0 Å². The molecule has 1 aromatic carbocycles. The van der Waals surface area contributed by atoms with Crippen LogP contribution in [0.25, 0.3) is 5.69 Å². The Morgan fingerprint density at radius 1 is 1.21 bits per heavy atom. The molecule has 0 saturated heterocycles. The molecule has 2 aromatic rings. The van der Waals surface area contributed by atoms with E-state index in [0.717, 1.165) is 48.4 Å². The van der Waals surface area contributed by atoms with Crippen LogP contribution in [-0.4, -0.2) is 33.1 Å². The number of urea groups is 1. The molecule has 1 aliphatic carbocycles. The van der Waals surface area contributed by atoms with Crippen LogP contribution in [0.4, 0.5) is 10.5 Å². The van der Waals surface area contributed by atoms with Crippen LogP contribution in [0.3, 0.4) is 0 Å². The molecule has 1 aromatic heterocycles. The van der Waals surface area contributed by atoms with Gasteiger partial charge in [0.25, 0.3) is 0 Å². The van der Waals surface area contributed by atoms with Crippen LogP contribution in [0.15, 0.2) is 30.3 Å². The molecule has 128 valence electrons. The minimum absolute atomic E-state index is 0.132. The summed E-state index contributed by atoms with van der Waals surface area (Å²) in [5.41, 5.74) is 3.66. The van der Waals surface area contributed by atoms with Gasteiger partial charge in [0.1, 0.15) is 0 Å². The Morgan fingerprint density at radius 3 is 2.62 bits per heavy atom. The fourth-order valence-electron chi connectivity index (χ4n) is 3.18. The van der Waals surface area contributed by atoms with Gasteiger partial charge in [-0.25, -0.2) is 9.48 Å². The van der Waals surface area contributed by atoms with E-state index < -0.39 is 0 Å². The topological polar surface area (TPSA) is 79.2 Å². The third-order valence-electron chi connectivity index (χ3n) is 4.39. The number of anilines is 1. The number of carbonyl (C=O) groups excluding carboxylic acids is 1. The first kappa shape index (κ1) is 16.5. The third kappa shape index (κ3) is 3.94. The Morgan fingerprint density at radius 2 is 1.96 bits per heavy atom. The molecule has 3 rings (SSSR count). The summed E-state index contributed by atoms with van der Waals surface area (Å²) in [7, 11) is 0. The summed E-state index contributed by atoms with van der Waals surface area (Å²) in [4.78, 5) is 12.2. The van der Waals surface area contributed by atoms with Crippen LogP contribution in [0.1, 0.15) is 37.1 Å². The van der Waals surface area contributed by atoms with E-state index >= 15 is 0 Å². The Bertz CT molecular complexity index is 718. The molecule has 6 nitrogen and oxygen atoms in total. The standard InChI is InChI=1S/C18H24N4O2/c1-12-10-13(2)22(21-12)16-5-3-4-15(11-16)20-18(24)19-14-6-8-17(23)9-7-14/h3-5,10-11,14,17,23H,6-9H2,1-2H3,(H2,19,20,24). The van der Waals surface area contributed by atoms with Crippen LogP contribution >= 0.6 is 0 Å². The molecule has 0 radical (unpaired) electrons. The molecule has 0 aliphatic heterocycles. The van der Waals surface area contributed by atoms with Crippen molar-refractivity contribution in [1.29, 1.82) is 0 Å². The number of nitrogens with one attached hydrogen (secondary N) is 2. The number of amides is 2. The summed E-state index contributed by atoms with van der Waals surface area (Å²) < 4.78 is 1.86. The molecule has 24 heavy (non-hydrogen) atoms. The van der Waals surface area contributed by atoms with Gasteiger partial charge in [-0.1, -0.05) is 6.07 Å². The SMILES string of the molecule is Cc1cc(C)n(-c2cccc(NC(=O)NC3CCC(O)CC3)c2)n1. The summed E-state index contributed by atoms with van der Waals surface area (Å²) in [5.74, 6) is 0. The van der Waals surface area contributed by atoms with E-state index in [9.17, 15) is 9.90 Å². The maximum atomic E-state index is 12.2. The number of hydrogen-bond donors (Lipinski definition) is 3. The molecule has 1 heterocycles. The number of aromatic nitrogens is 2. The highest BCUT2D eigenvalue weighted by Gasteiger charge is 2.20. The molecule has 0 spiro atoms. The highest BCUT2D eigenvalue weighted by Crippen LogP contribution is 2.19. The smallest absolute Gasteiger partial charge is 0.319 e. The van der Waals surface area contributed by atoms with Crippen LogP contribution in [0.2, 0.25) is 0 Å². The van der Waals surface area contributed by atoms with Gasteiger partial charge in [-0.2, -0.15) is 5.10 Å². The van der Waals surface area contributed by atoms with Gasteiger partial charge in [0.05, 0.1) is 17.5 Å². The molecule has 0 unspecified atom stereocenters. The summed E-state index contributed by atoms with van der Waals surface area (Å²) in [6, 6.07) is 9.58. The summed E-state index contributed by atoms with van der Waals surface area (Å²) >= 11 is 0. The highest BCUT2D eigenvalue weighted by molar-refractivity contribution is 5.89. The Labute approximate surface area is 141 Å². The molecule has 1 aliphatic rings. The second-order valence-electron chi connectivity index (χ2n) is 6.49. The van der Waals surface area contributed by atoms with Crippen molar-refractivity contribution >= 4 is 11.7 Å². The largest absolute Gasteiger partial charge is 0.393 e. The molecule has 1 fully saturated rings. The maximum absolute atomic E-state index is 12.2. The zero-order valence-electron chi connectivity index (χ0n) is 14.1. The van der Waals surface area contributed by atoms with Gasteiger partial charge in [0, 0.05) is 17.4 Å². The van der Waals surface area contributed by atoms with Crippen molar-refractivity contribution < 1.29 is 9.90 Å². The van der Waals surface area contributed by atoms with E-state index in [1.807, 2.05) is 48.9 Å². The van der Waals surface area contributed by atoms with E-state index in [2.05, 4.69) is 15.7 Å². The van der Waals surface area contributed by atoms with Crippen LogP contribution < -0.4 is 10.6 Å². The fourth-order valence-corrected chi connectivity index (χ4v) is 3.18. The maximum Gasteiger partial charge on any atom is 0.319 e. The van der Waals surface area contributed by atoms with Gasteiger partial charge in [-0.15, -0.1) is 0 Å². The lowest BCUT2D eigenvalue weighted by Gasteiger charge is -2.26. The van der Waals surface area contributed by atoms with E-state index in [-0.39, 0.29) is 18.2 Å². The monoisotopic (exact) mass is 328 g/mol. The fraction of sp³-hybridized carbons (Fsp3) is 0.444. The minimum atomic E-state index is -0.219. The molecule has 6 heteroatoms. The average Bonchev–Trinajstić information content (AvgIpc) is 2.88. The van der Waals surface area contributed by atoms with Crippen molar-refractivity contribution in [2.75, 3.05) is 5.32 Å². The number of benzene rings is 1. The molecule has 3 N–H and O–H groups in total. The van der Waals surface area contributed by atoms with E-state index in [4.69, 9.17) is 0 Å². The van der Waals surface area contributed by atoms with Gasteiger partial charge in [-0.3, -0.25) is 0 Å². The van der Waals surface area contributed by atoms with Crippen molar-refractivity contribution in [1.82, 2.24) is 15.1 Å². The number of carbonyl (C=O) groups is 1. The number of aliphatic hydroxyl groups excluding tert-OH is 1. The van der Waals surface area contributed by atoms with Gasteiger partial charge in [0.2, 0.25) is 0 Å². The van der Waals surface area contributed by atoms with Crippen molar-refractivity contribution in [3.05, 3.63) is 41.7 Å². The summed E-state index contributed by atoms with van der Waals surface area (Å²) in [5, 5.41) is 19.9. The first-order chi connectivity index (χ1) is 11.5. The third-order valence-corrected chi connectivity index (χ3v) is 4.39. The van der Waals surface area contributed by atoms with Crippen LogP contribution in [0.5, 0.6) is 0 Å². The zero-order chi connectivity index (χ0) is 17.1. The number of aliphatic hydroxyl groups is 1. The lowest BCUT2D eigenvalue weighted by Crippen LogP contribution is -2.40. The van der Waals surface area contributed by atoms with E-state index in [0.29, 0.717) is 0 Å². The predicted octanol–water partition coefficient (Wildman–Crippen LogP) is 2.91. The average molecular weight is 328 g/mol. The van der Waals surface area contributed by atoms with Gasteiger partial charge in [-0.05, 0) is 63.8 Å². The first-order valence-corrected chi connectivity index (χ1v) is 8.40. The van der Waals surface area contributed by atoms with Gasteiger partial charge < -0.3 is 15.7 Å². The normalized spacial score (nSPS) is 20.6. The quantitative estimate of drug-likeness (QED) is 0.810.